The number of rotatable bonds is 6. The molecule has 2 aromatic carbocycles. The van der Waals surface area contributed by atoms with E-state index in [4.69, 9.17) is 4.74 Å². The largest absolute Gasteiger partial charge is 0.487 e. The Hall–Kier alpha value is -3.81. The number of hydrogen-bond donors (Lipinski definition) is 1. The molecule has 0 spiro atoms. The number of benzene rings is 2. The third-order valence-corrected chi connectivity index (χ3v) is 6.05. The molecule has 1 N–H and O–H groups in total. The number of carbonyl (C=O) groups is 2. The molecule has 3 aromatic rings. The maximum Gasteiger partial charge on any atom is 0.239 e. The summed E-state index contributed by atoms with van der Waals surface area (Å²) >= 11 is 0. The molecule has 3 heterocycles. The fraction of sp³-hybridized carbons (Fsp3) is 0.280. The molecule has 7 nitrogen and oxygen atoms in total. The van der Waals surface area contributed by atoms with E-state index in [0.29, 0.717) is 36.4 Å². The Kier molecular flexibility index (Phi) is 5.73. The summed E-state index contributed by atoms with van der Waals surface area (Å²) in [5.74, 6) is 0.0397. The van der Waals surface area contributed by atoms with Crippen LogP contribution >= 0.6 is 0 Å². The van der Waals surface area contributed by atoms with Gasteiger partial charge in [0, 0.05) is 48.8 Å². The van der Waals surface area contributed by atoms with E-state index in [1.54, 1.807) is 23.5 Å². The van der Waals surface area contributed by atoms with E-state index in [-0.39, 0.29) is 42.7 Å². The van der Waals surface area contributed by atoms with Crippen molar-refractivity contribution in [3.8, 4) is 17.0 Å². The molecule has 33 heavy (non-hydrogen) atoms. The van der Waals surface area contributed by atoms with Gasteiger partial charge in [-0.2, -0.15) is 0 Å². The van der Waals surface area contributed by atoms with Gasteiger partial charge in [-0.05, 0) is 17.7 Å². The SMILES string of the molecule is O=C(CN1C[C@H](c2ccccc2)CC1=O)NC[C@H]1Cc2cc(F)cc(-c3cnccn3)c2O1. The number of nitrogens with one attached hydrogen (secondary N) is 1. The van der Waals surface area contributed by atoms with Crippen molar-refractivity contribution in [1.82, 2.24) is 20.2 Å². The number of hydrogen-bond acceptors (Lipinski definition) is 5. The zero-order valence-corrected chi connectivity index (χ0v) is 17.9. The van der Waals surface area contributed by atoms with E-state index in [2.05, 4.69) is 15.3 Å². The minimum atomic E-state index is -0.372. The number of nitrogens with zero attached hydrogens (tertiary/aromatic N) is 3. The van der Waals surface area contributed by atoms with Gasteiger partial charge in [0.15, 0.2) is 0 Å². The van der Waals surface area contributed by atoms with Crippen LogP contribution in [0, 0.1) is 5.82 Å². The lowest BCUT2D eigenvalue weighted by atomic mass is 9.99. The number of carbonyl (C=O) groups excluding carboxylic acids is 2. The molecule has 0 radical (unpaired) electrons. The molecule has 1 saturated heterocycles. The monoisotopic (exact) mass is 446 g/mol. The summed E-state index contributed by atoms with van der Waals surface area (Å²) in [5, 5.41) is 2.86. The van der Waals surface area contributed by atoms with Crippen LogP contribution in [-0.4, -0.2) is 52.4 Å². The Labute approximate surface area is 190 Å². The number of ether oxygens (including phenoxy) is 1. The molecule has 0 bridgehead atoms. The van der Waals surface area contributed by atoms with Gasteiger partial charge in [-0.15, -0.1) is 0 Å². The summed E-state index contributed by atoms with van der Waals surface area (Å²) in [6.07, 6.45) is 5.21. The highest BCUT2D eigenvalue weighted by Crippen LogP contribution is 2.38. The van der Waals surface area contributed by atoms with E-state index in [9.17, 15) is 14.0 Å². The van der Waals surface area contributed by atoms with Crippen molar-refractivity contribution in [2.75, 3.05) is 19.6 Å². The molecule has 168 valence electrons. The average molecular weight is 446 g/mol. The molecule has 0 aliphatic carbocycles. The minimum Gasteiger partial charge on any atom is -0.487 e. The fourth-order valence-electron chi connectivity index (χ4n) is 4.47. The van der Waals surface area contributed by atoms with Gasteiger partial charge in [0.1, 0.15) is 17.7 Å². The van der Waals surface area contributed by atoms with Crippen LogP contribution in [0.2, 0.25) is 0 Å². The molecule has 2 amide bonds. The van der Waals surface area contributed by atoms with Crippen molar-refractivity contribution in [1.29, 1.82) is 0 Å². The Morgan fingerprint density at radius 1 is 1.18 bits per heavy atom. The molecule has 0 saturated carbocycles. The van der Waals surface area contributed by atoms with Crippen molar-refractivity contribution < 1.29 is 18.7 Å². The van der Waals surface area contributed by atoms with Gasteiger partial charge < -0.3 is 15.0 Å². The van der Waals surface area contributed by atoms with Crippen LogP contribution in [0.25, 0.3) is 11.3 Å². The first-order valence-corrected chi connectivity index (χ1v) is 10.9. The van der Waals surface area contributed by atoms with Crippen molar-refractivity contribution in [3.63, 3.8) is 0 Å². The van der Waals surface area contributed by atoms with Crippen LogP contribution in [0.3, 0.4) is 0 Å². The van der Waals surface area contributed by atoms with Crippen LogP contribution in [0.4, 0.5) is 4.39 Å². The highest BCUT2D eigenvalue weighted by Gasteiger charge is 2.32. The predicted molar refractivity (Wildman–Crippen MR) is 119 cm³/mol. The predicted octanol–water partition coefficient (Wildman–Crippen LogP) is 2.72. The first-order chi connectivity index (χ1) is 16.1. The summed E-state index contributed by atoms with van der Waals surface area (Å²) < 4.78 is 20.2. The van der Waals surface area contributed by atoms with E-state index in [0.717, 1.165) is 11.1 Å². The number of halogens is 1. The molecular formula is C25H23FN4O3. The molecule has 0 unspecified atom stereocenters. The van der Waals surface area contributed by atoms with Crippen LogP contribution in [0.15, 0.2) is 61.1 Å². The molecule has 2 aliphatic heterocycles. The summed E-state index contributed by atoms with van der Waals surface area (Å²) in [6, 6.07) is 12.7. The number of fused-ring (bicyclic) bond motifs is 1. The maximum atomic E-state index is 14.2. The lowest BCUT2D eigenvalue weighted by Gasteiger charge is -2.18. The smallest absolute Gasteiger partial charge is 0.239 e. The third-order valence-electron chi connectivity index (χ3n) is 6.05. The molecule has 5 rings (SSSR count). The molecule has 8 heteroatoms. The number of aromatic nitrogens is 2. The minimum absolute atomic E-state index is 0.0152. The van der Waals surface area contributed by atoms with E-state index < -0.39 is 0 Å². The van der Waals surface area contributed by atoms with E-state index in [1.807, 2.05) is 30.3 Å². The van der Waals surface area contributed by atoms with Crippen LogP contribution in [0.1, 0.15) is 23.5 Å². The van der Waals surface area contributed by atoms with Gasteiger partial charge in [-0.1, -0.05) is 30.3 Å². The Morgan fingerprint density at radius 3 is 2.82 bits per heavy atom. The highest BCUT2D eigenvalue weighted by molar-refractivity contribution is 5.86. The maximum absolute atomic E-state index is 14.2. The Morgan fingerprint density at radius 2 is 2.03 bits per heavy atom. The quantitative estimate of drug-likeness (QED) is 0.630. The summed E-state index contributed by atoms with van der Waals surface area (Å²) in [6.45, 7) is 0.808. The fourth-order valence-corrected chi connectivity index (χ4v) is 4.47. The Bertz CT molecular complexity index is 1170. The van der Waals surface area contributed by atoms with Gasteiger partial charge in [0.25, 0.3) is 0 Å². The van der Waals surface area contributed by atoms with Crippen molar-refractivity contribution in [2.24, 2.45) is 0 Å². The molecule has 1 fully saturated rings. The van der Waals surface area contributed by atoms with Crippen LogP contribution < -0.4 is 10.1 Å². The van der Waals surface area contributed by atoms with Gasteiger partial charge in [0.2, 0.25) is 11.8 Å². The van der Waals surface area contributed by atoms with Crippen molar-refractivity contribution in [3.05, 3.63) is 78.0 Å². The average Bonchev–Trinajstić information content (AvgIpc) is 3.41. The van der Waals surface area contributed by atoms with E-state index >= 15 is 0 Å². The molecular weight excluding hydrogens is 423 g/mol. The second kappa shape index (κ2) is 8.97. The van der Waals surface area contributed by atoms with Gasteiger partial charge >= 0.3 is 0 Å². The third kappa shape index (κ3) is 4.55. The lowest BCUT2D eigenvalue weighted by molar-refractivity contribution is -0.133. The van der Waals surface area contributed by atoms with Gasteiger partial charge in [-0.25, -0.2) is 4.39 Å². The summed E-state index contributed by atoms with van der Waals surface area (Å²) in [5.41, 5.74) is 2.91. The zero-order valence-electron chi connectivity index (χ0n) is 17.9. The second-order valence-electron chi connectivity index (χ2n) is 8.37. The zero-order chi connectivity index (χ0) is 22.8. The summed E-state index contributed by atoms with van der Waals surface area (Å²) in [4.78, 5) is 34.8. The van der Waals surface area contributed by atoms with E-state index in [1.165, 1.54) is 12.1 Å². The second-order valence-corrected chi connectivity index (χ2v) is 8.37. The van der Waals surface area contributed by atoms with Gasteiger partial charge in [-0.3, -0.25) is 19.6 Å². The first kappa shape index (κ1) is 21.1. The molecule has 1 aromatic heterocycles. The first-order valence-electron chi connectivity index (χ1n) is 10.9. The summed E-state index contributed by atoms with van der Waals surface area (Å²) in [7, 11) is 0. The molecule has 2 atom stereocenters. The van der Waals surface area contributed by atoms with Crippen LogP contribution in [-0.2, 0) is 16.0 Å². The lowest BCUT2D eigenvalue weighted by Crippen LogP contribution is -2.41. The van der Waals surface area contributed by atoms with Crippen molar-refractivity contribution >= 4 is 11.8 Å². The number of amides is 2. The highest BCUT2D eigenvalue weighted by atomic mass is 19.1. The Balaban J connectivity index is 1.18. The topological polar surface area (TPSA) is 84.4 Å². The van der Waals surface area contributed by atoms with Gasteiger partial charge in [0.05, 0.1) is 25.0 Å². The number of likely N-dealkylation sites (tertiary alicyclic amines) is 1. The standard InChI is InChI=1S/C25H23FN4O3/c26-19-8-17-9-20(33-25(17)21(11-19)22-13-27-6-7-28-22)12-29-23(31)15-30-14-18(10-24(30)32)16-4-2-1-3-5-16/h1-8,11,13,18,20H,9-10,12,14-15H2,(H,29,31)/t18-,20-/m1/s1. The van der Waals surface area contributed by atoms with Crippen molar-refractivity contribution in [2.45, 2.75) is 24.9 Å². The molecule has 2 aliphatic rings. The normalized spacial score (nSPS) is 19.3. The van der Waals surface area contributed by atoms with Crippen LogP contribution in [0.5, 0.6) is 5.75 Å².